The van der Waals surface area contributed by atoms with Crippen molar-refractivity contribution >= 4 is 0 Å². The molecule has 0 spiro atoms. The predicted octanol–water partition coefficient (Wildman–Crippen LogP) is 0.526. The zero-order chi connectivity index (χ0) is 8.55. The maximum absolute atomic E-state index is 11.2. The monoisotopic (exact) mass is 168 g/mol. The summed E-state index contributed by atoms with van der Waals surface area (Å²) in [5, 5.41) is 0. The maximum Gasteiger partial charge on any atom is 0.325 e. The smallest absolute Gasteiger partial charge is 0.325 e. The van der Waals surface area contributed by atoms with Crippen LogP contribution in [0.5, 0.6) is 0 Å². The first-order valence-corrected chi connectivity index (χ1v) is 4.16. The molecule has 2 heterocycles. The van der Waals surface area contributed by atoms with E-state index in [2.05, 4.69) is 4.98 Å². The molecule has 4 heteroatoms. The van der Waals surface area contributed by atoms with E-state index in [0.29, 0.717) is 0 Å². The van der Waals surface area contributed by atoms with Gasteiger partial charge in [0.15, 0.2) is 0 Å². The van der Waals surface area contributed by atoms with E-state index < -0.39 is 0 Å². The highest BCUT2D eigenvalue weighted by atomic mass is 16.5. The summed E-state index contributed by atoms with van der Waals surface area (Å²) < 4.78 is 7.08. The lowest BCUT2D eigenvalue weighted by atomic mass is 10.1. The highest BCUT2D eigenvalue weighted by Crippen LogP contribution is 2.23. The second kappa shape index (κ2) is 2.79. The summed E-state index contributed by atoms with van der Waals surface area (Å²) >= 11 is 0. The highest BCUT2D eigenvalue weighted by molar-refractivity contribution is 4.86. The van der Waals surface area contributed by atoms with Crippen molar-refractivity contribution in [3.05, 3.63) is 22.9 Å². The molecule has 0 aliphatic carbocycles. The van der Waals surface area contributed by atoms with Gasteiger partial charge < -0.3 is 9.72 Å². The number of rotatable bonds is 1. The van der Waals surface area contributed by atoms with E-state index in [9.17, 15) is 4.79 Å². The lowest BCUT2D eigenvalue weighted by Gasteiger charge is -2.13. The third-order valence-electron chi connectivity index (χ3n) is 2.37. The summed E-state index contributed by atoms with van der Waals surface area (Å²) in [7, 11) is 0. The van der Waals surface area contributed by atoms with Crippen LogP contribution in [-0.2, 0) is 4.74 Å². The summed E-state index contributed by atoms with van der Waals surface area (Å²) in [5.41, 5.74) is -0.0441. The second-order valence-corrected chi connectivity index (χ2v) is 3.10. The molecule has 2 unspecified atom stereocenters. The third-order valence-corrected chi connectivity index (χ3v) is 2.37. The quantitative estimate of drug-likeness (QED) is 0.664. The molecule has 66 valence electrons. The van der Waals surface area contributed by atoms with Crippen LogP contribution in [0.4, 0.5) is 0 Å². The van der Waals surface area contributed by atoms with E-state index in [4.69, 9.17) is 4.74 Å². The molecule has 1 saturated heterocycles. The van der Waals surface area contributed by atoms with Crippen molar-refractivity contribution in [1.82, 2.24) is 9.55 Å². The van der Waals surface area contributed by atoms with Gasteiger partial charge in [-0.3, -0.25) is 4.57 Å². The largest absolute Gasteiger partial charge is 0.376 e. The Hall–Kier alpha value is -1.03. The van der Waals surface area contributed by atoms with Crippen molar-refractivity contribution < 1.29 is 4.74 Å². The lowest BCUT2D eigenvalue weighted by Crippen LogP contribution is -2.25. The van der Waals surface area contributed by atoms with Gasteiger partial charge in [0.1, 0.15) is 0 Å². The van der Waals surface area contributed by atoms with Gasteiger partial charge in [-0.15, -0.1) is 0 Å². The molecule has 1 aliphatic heterocycles. The average Bonchev–Trinajstić information content (AvgIpc) is 2.59. The molecule has 12 heavy (non-hydrogen) atoms. The van der Waals surface area contributed by atoms with Crippen molar-refractivity contribution in [2.45, 2.75) is 25.5 Å². The molecule has 1 aromatic rings. The summed E-state index contributed by atoms with van der Waals surface area (Å²) in [6.07, 6.45) is 4.52. The van der Waals surface area contributed by atoms with Gasteiger partial charge >= 0.3 is 5.69 Å². The zero-order valence-electron chi connectivity index (χ0n) is 6.99. The van der Waals surface area contributed by atoms with E-state index in [1.807, 2.05) is 6.92 Å². The standard InChI is InChI=1S/C8H12N2O2/c1-6-7(2-5-12-6)10-4-3-9-8(10)11/h3-4,6-7H,2,5H2,1H3,(H,9,11). The van der Waals surface area contributed by atoms with Crippen molar-refractivity contribution in [1.29, 1.82) is 0 Å². The second-order valence-electron chi connectivity index (χ2n) is 3.10. The van der Waals surface area contributed by atoms with Gasteiger partial charge in [-0.2, -0.15) is 0 Å². The van der Waals surface area contributed by atoms with Crippen molar-refractivity contribution in [2.24, 2.45) is 0 Å². The first kappa shape index (κ1) is 7.61. The normalized spacial score (nSPS) is 29.4. The fraction of sp³-hybridized carbons (Fsp3) is 0.625. The van der Waals surface area contributed by atoms with Crippen LogP contribution in [-0.4, -0.2) is 22.3 Å². The maximum atomic E-state index is 11.2. The van der Waals surface area contributed by atoms with Gasteiger partial charge in [-0.25, -0.2) is 4.79 Å². The Morgan fingerprint density at radius 2 is 2.58 bits per heavy atom. The van der Waals surface area contributed by atoms with Crippen LogP contribution < -0.4 is 5.69 Å². The highest BCUT2D eigenvalue weighted by Gasteiger charge is 2.26. The number of hydrogen-bond acceptors (Lipinski definition) is 2. The first-order chi connectivity index (χ1) is 5.79. The molecular weight excluding hydrogens is 156 g/mol. The van der Waals surface area contributed by atoms with Crippen LogP contribution in [0.3, 0.4) is 0 Å². The van der Waals surface area contributed by atoms with Gasteiger partial charge in [-0.05, 0) is 13.3 Å². The SMILES string of the molecule is CC1OCCC1n1cc[nH]c1=O. The van der Waals surface area contributed by atoms with Crippen LogP contribution in [0.1, 0.15) is 19.4 Å². The van der Waals surface area contributed by atoms with E-state index in [-0.39, 0.29) is 17.8 Å². The molecule has 0 saturated carbocycles. The fourth-order valence-corrected chi connectivity index (χ4v) is 1.68. The van der Waals surface area contributed by atoms with Crippen molar-refractivity contribution in [2.75, 3.05) is 6.61 Å². The van der Waals surface area contributed by atoms with Gasteiger partial charge in [-0.1, -0.05) is 0 Å². The number of aromatic nitrogens is 2. The average molecular weight is 168 g/mol. The molecule has 0 amide bonds. The summed E-state index contributed by atoms with van der Waals surface area (Å²) in [6.45, 7) is 2.75. The third kappa shape index (κ3) is 1.08. The Bertz CT molecular complexity index is 315. The Kier molecular flexibility index (Phi) is 1.77. The van der Waals surface area contributed by atoms with E-state index in [0.717, 1.165) is 13.0 Å². The van der Waals surface area contributed by atoms with Crippen LogP contribution in [0.15, 0.2) is 17.2 Å². The summed E-state index contributed by atoms with van der Waals surface area (Å²) in [6, 6.07) is 0.212. The number of aromatic amines is 1. The minimum absolute atomic E-state index is 0.0441. The lowest BCUT2D eigenvalue weighted by molar-refractivity contribution is 0.107. The Labute approximate surface area is 70.2 Å². The molecule has 2 atom stereocenters. The molecule has 0 radical (unpaired) electrons. The van der Waals surface area contributed by atoms with Crippen LogP contribution in [0.2, 0.25) is 0 Å². The first-order valence-electron chi connectivity index (χ1n) is 4.16. The predicted molar refractivity (Wildman–Crippen MR) is 44.1 cm³/mol. The molecular formula is C8H12N2O2. The van der Waals surface area contributed by atoms with Gasteiger partial charge in [0.25, 0.3) is 0 Å². The Morgan fingerprint density at radius 3 is 3.08 bits per heavy atom. The molecule has 0 aromatic carbocycles. The van der Waals surface area contributed by atoms with Crippen molar-refractivity contribution in [3.8, 4) is 0 Å². The molecule has 1 aromatic heterocycles. The van der Waals surface area contributed by atoms with Gasteiger partial charge in [0.2, 0.25) is 0 Å². The number of nitrogens with zero attached hydrogens (tertiary/aromatic N) is 1. The van der Waals surface area contributed by atoms with Gasteiger partial charge in [0.05, 0.1) is 12.1 Å². The molecule has 0 bridgehead atoms. The Morgan fingerprint density at radius 1 is 1.75 bits per heavy atom. The minimum atomic E-state index is -0.0441. The number of H-pyrrole nitrogens is 1. The number of imidazole rings is 1. The minimum Gasteiger partial charge on any atom is -0.376 e. The van der Waals surface area contributed by atoms with Crippen LogP contribution in [0, 0.1) is 0 Å². The molecule has 1 aliphatic rings. The molecule has 1 N–H and O–H groups in total. The van der Waals surface area contributed by atoms with Gasteiger partial charge in [0, 0.05) is 19.0 Å². The summed E-state index contributed by atoms with van der Waals surface area (Å²) in [5.74, 6) is 0. The van der Waals surface area contributed by atoms with E-state index in [1.54, 1.807) is 17.0 Å². The summed E-state index contributed by atoms with van der Waals surface area (Å²) in [4.78, 5) is 13.8. The van der Waals surface area contributed by atoms with Crippen LogP contribution in [0.25, 0.3) is 0 Å². The number of hydrogen-bond donors (Lipinski definition) is 1. The fourth-order valence-electron chi connectivity index (χ4n) is 1.68. The topological polar surface area (TPSA) is 47.0 Å². The zero-order valence-corrected chi connectivity index (χ0v) is 6.99. The van der Waals surface area contributed by atoms with Crippen molar-refractivity contribution in [3.63, 3.8) is 0 Å². The molecule has 4 nitrogen and oxygen atoms in total. The Balaban J connectivity index is 2.30. The molecule has 2 rings (SSSR count). The van der Waals surface area contributed by atoms with Crippen LogP contribution >= 0.6 is 0 Å². The van der Waals surface area contributed by atoms with E-state index in [1.165, 1.54) is 0 Å². The molecule has 1 fully saturated rings. The number of ether oxygens (including phenoxy) is 1. The van der Waals surface area contributed by atoms with E-state index >= 15 is 0 Å². The number of nitrogens with one attached hydrogen (secondary N) is 1.